The molecule has 2 saturated heterocycles. The Balaban J connectivity index is 1.57. The number of fused-ring (bicyclic) bond motifs is 1. The van der Waals surface area contributed by atoms with Crippen molar-refractivity contribution in [1.29, 1.82) is 0 Å². The van der Waals surface area contributed by atoms with Crippen LogP contribution >= 0.6 is 11.8 Å². The molecule has 2 heterocycles. The third-order valence-corrected chi connectivity index (χ3v) is 5.60. The highest BCUT2D eigenvalue weighted by atomic mass is 32.2. The summed E-state index contributed by atoms with van der Waals surface area (Å²) < 4.78 is 0. The van der Waals surface area contributed by atoms with Crippen LogP contribution in [0.4, 0.5) is 10.5 Å². The highest BCUT2D eigenvalue weighted by Crippen LogP contribution is 2.23. The number of rotatable bonds is 4. The molecule has 3 unspecified atom stereocenters. The second kappa shape index (κ2) is 7.99. The average molecular weight is 376 g/mol. The van der Waals surface area contributed by atoms with Gasteiger partial charge in [0.1, 0.15) is 12.1 Å². The van der Waals surface area contributed by atoms with E-state index in [1.807, 2.05) is 37.4 Å². The number of nitrogens with zero attached hydrogens (tertiary/aromatic N) is 1. The molecule has 0 bridgehead atoms. The van der Waals surface area contributed by atoms with E-state index in [9.17, 15) is 14.4 Å². The number of nitrogens with one attached hydrogen (secondary N) is 3. The molecule has 2 aliphatic rings. The molecule has 0 aromatic heterocycles. The van der Waals surface area contributed by atoms with Crippen LogP contribution in [-0.4, -0.2) is 53.7 Å². The highest BCUT2D eigenvalue weighted by Gasteiger charge is 2.43. The molecule has 3 atom stereocenters. The number of anilines is 1. The SMILES string of the molecule is CCC1NC(=O)C2CC(NC(=O)Nc3cccc(SC)c3)CCN2C1=O. The first-order valence-electron chi connectivity index (χ1n) is 8.84. The van der Waals surface area contributed by atoms with Crippen molar-refractivity contribution in [3.05, 3.63) is 24.3 Å². The molecule has 3 N–H and O–H groups in total. The van der Waals surface area contributed by atoms with Crippen LogP contribution in [0.2, 0.25) is 0 Å². The van der Waals surface area contributed by atoms with Gasteiger partial charge in [0.15, 0.2) is 0 Å². The van der Waals surface area contributed by atoms with Crippen molar-refractivity contribution < 1.29 is 14.4 Å². The van der Waals surface area contributed by atoms with E-state index in [-0.39, 0.29) is 23.9 Å². The van der Waals surface area contributed by atoms with Crippen molar-refractivity contribution in [2.24, 2.45) is 0 Å². The van der Waals surface area contributed by atoms with Crippen LogP contribution in [0.3, 0.4) is 0 Å². The number of carbonyl (C=O) groups is 3. The number of piperidine rings is 1. The maximum absolute atomic E-state index is 12.4. The fraction of sp³-hybridized carbons (Fsp3) is 0.500. The first-order valence-corrected chi connectivity index (χ1v) is 10.1. The second-order valence-electron chi connectivity index (χ2n) is 6.57. The second-order valence-corrected chi connectivity index (χ2v) is 7.45. The van der Waals surface area contributed by atoms with Crippen LogP contribution in [0, 0.1) is 0 Å². The lowest BCUT2D eigenvalue weighted by molar-refractivity contribution is -0.151. The quantitative estimate of drug-likeness (QED) is 0.699. The van der Waals surface area contributed by atoms with Gasteiger partial charge in [-0.05, 0) is 43.7 Å². The zero-order valence-electron chi connectivity index (χ0n) is 15.0. The van der Waals surface area contributed by atoms with E-state index >= 15 is 0 Å². The molecule has 26 heavy (non-hydrogen) atoms. The van der Waals surface area contributed by atoms with Crippen LogP contribution < -0.4 is 16.0 Å². The third-order valence-electron chi connectivity index (χ3n) is 4.87. The lowest BCUT2D eigenvalue weighted by Gasteiger charge is -2.44. The monoisotopic (exact) mass is 376 g/mol. The molecular formula is C18H24N4O3S. The smallest absolute Gasteiger partial charge is 0.319 e. The van der Waals surface area contributed by atoms with E-state index in [2.05, 4.69) is 16.0 Å². The van der Waals surface area contributed by atoms with Gasteiger partial charge >= 0.3 is 6.03 Å². The number of piperazine rings is 1. The molecule has 0 radical (unpaired) electrons. The van der Waals surface area contributed by atoms with Crippen molar-refractivity contribution in [2.75, 3.05) is 18.1 Å². The first-order chi connectivity index (χ1) is 12.5. The first kappa shape index (κ1) is 18.6. The third kappa shape index (κ3) is 3.95. The zero-order chi connectivity index (χ0) is 18.7. The summed E-state index contributed by atoms with van der Waals surface area (Å²) in [6.45, 7) is 2.37. The maximum atomic E-state index is 12.4. The topological polar surface area (TPSA) is 90.5 Å². The predicted molar refractivity (Wildman–Crippen MR) is 101 cm³/mol. The maximum Gasteiger partial charge on any atom is 0.319 e. The molecule has 4 amide bonds. The van der Waals surface area contributed by atoms with Crippen LogP contribution in [0.1, 0.15) is 26.2 Å². The summed E-state index contributed by atoms with van der Waals surface area (Å²) in [5.74, 6) is -0.148. The Labute approximate surface area is 157 Å². The Morgan fingerprint density at radius 2 is 2.19 bits per heavy atom. The lowest BCUT2D eigenvalue weighted by Crippen LogP contribution is -2.66. The Bertz CT molecular complexity index is 711. The van der Waals surface area contributed by atoms with Gasteiger partial charge < -0.3 is 20.9 Å². The van der Waals surface area contributed by atoms with Crippen LogP contribution in [-0.2, 0) is 9.59 Å². The molecular weight excluding hydrogens is 352 g/mol. The number of thioether (sulfide) groups is 1. The molecule has 3 rings (SSSR count). The molecule has 1 aromatic rings. The van der Waals surface area contributed by atoms with Gasteiger partial charge in [0.05, 0.1) is 0 Å². The fourth-order valence-corrected chi connectivity index (χ4v) is 3.93. The number of urea groups is 1. The summed E-state index contributed by atoms with van der Waals surface area (Å²) >= 11 is 1.61. The molecule has 8 heteroatoms. The minimum atomic E-state index is -0.496. The Kier molecular flexibility index (Phi) is 5.70. The van der Waals surface area contributed by atoms with Gasteiger partial charge in [-0.1, -0.05) is 13.0 Å². The van der Waals surface area contributed by atoms with E-state index in [0.29, 0.717) is 25.8 Å². The summed E-state index contributed by atoms with van der Waals surface area (Å²) in [6, 6.07) is 6.26. The van der Waals surface area contributed by atoms with Gasteiger partial charge in [-0.15, -0.1) is 11.8 Å². The van der Waals surface area contributed by atoms with Gasteiger partial charge in [-0.2, -0.15) is 0 Å². The molecule has 2 aliphatic heterocycles. The Morgan fingerprint density at radius 3 is 2.92 bits per heavy atom. The van der Waals surface area contributed by atoms with Crippen LogP contribution in [0.25, 0.3) is 0 Å². The summed E-state index contributed by atoms with van der Waals surface area (Å²) in [4.78, 5) is 39.7. The average Bonchev–Trinajstić information content (AvgIpc) is 2.64. The largest absolute Gasteiger partial charge is 0.343 e. The van der Waals surface area contributed by atoms with E-state index in [1.54, 1.807) is 16.7 Å². The van der Waals surface area contributed by atoms with Gasteiger partial charge in [-0.3, -0.25) is 9.59 Å². The van der Waals surface area contributed by atoms with Crippen molar-refractivity contribution in [2.45, 2.75) is 49.2 Å². The zero-order valence-corrected chi connectivity index (χ0v) is 15.8. The number of carbonyl (C=O) groups excluding carboxylic acids is 3. The predicted octanol–water partition coefficient (Wildman–Crippen LogP) is 1.80. The fourth-order valence-electron chi connectivity index (χ4n) is 3.47. The summed E-state index contributed by atoms with van der Waals surface area (Å²) in [5, 5.41) is 8.53. The summed E-state index contributed by atoms with van der Waals surface area (Å²) in [6.07, 6.45) is 3.65. The van der Waals surface area contributed by atoms with Gasteiger partial charge in [0.25, 0.3) is 0 Å². The lowest BCUT2D eigenvalue weighted by atomic mass is 9.92. The van der Waals surface area contributed by atoms with E-state index < -0.39 is 12.1 Å². The highest BCUT2D eigenvalue weighted by molar-refractivity contribution is 7.98. The van der Waals surface area contributed by atoms with Crippen molar-refractivity contribution in [1.82, 2.24) is 15.5 Å². The van der Waals surface area contributed by atoms with E-state index in [0.717, 1.165) is 10.6 Å². The Morgan fingerprint density at radius 1 is 1.38 bits per heavy atom. The minimum absolute atomic E-state index is 0.0196. The minimum Gasteiger partial charge on any atom is -0.343 e. The summed E-state index contributed by atoms with van der Waals surface area (Å²) in [7, 11) is 0. The molecule has 140 valence electrons. The standard InChI is InChI=1S/C18H24N4O3S/c1-3-14-17(24)22-8-7-12(10-15(22)16(23)21-14)20-18(25)19-11-5-4-6-13(9-11)26-2/h4-6,9,12,14-15H,3,7-8,10H2,1-2H3,(H,21,23)(H2,19,20,25). The van der Waals surface area contributed by atoms with Crippen molar-refractivity contribution >= 4 is 35.3 Å². The van der Waals surface area contributed by atoms with Crippen LogP contribution in [0.5, 0.6) is 0 Å². The van der Waals surface area contributed by atoms with E-state index in [1.165, 1.54) is 0 Å². The van der Waals surface area contributed by atoms with Crippen molar-refractivity contribution in [3.8, 4) is 0 Å². The van der Waals surface area contributed by atoms with Gasteiger partial charge in [0.2, 0.25) is 11.8 Å². The Hall–Kier alpha value is -2.22. The molecule has 1 aromatic carbocycles. The van der Waals surface area contributed by atoms with Gasteiger partial charge in [0, 0.05) is 23.2 Å². The number of hydrogen-bond donors (Lipinski definition) is 3. The number of amides is 4. The molecule has 7 nitrogen and oxygen atoms in total. The number of benzene rings is 1. The van der Waals surface area contributed by atoms with Crippen molar-refractivity contribution in [3.63, 3.8) is 0 Å². The van der Waals surface area contributed by atoms with Crippen LogP contribution in [0.15, 0.2) is 29.2 Å². The van der Waals surface area contributed by atoms with Gasteiger partial charge in [-0.25, -0.2) is 4.79 Å². The normalized spacial score (nSPS) is 25.3. The molecule has 0 aliphatic carbocycles. The summed E-state index contributed by atoms with van der Waals surface area (Å²) in [5.41, 5.74) is 0.725. The molecule has 2 fully saturated rings. The molecule has 0 spiro atoms. The van der Waals surface area contributed by atoms with E-state index in [4.69, 9.17) is 0 Å². The molecule has 0 saturated carbocycles. The number of hydrogen-bond acceptors (Lipinski definition) is 4.